The van der Waals surface area contributed by atoms with Crippen molar-refractivity contribution in [2.75, 3.05) is 6.61 Å². The number of hydrogen-bond donors (Lipinski definition) is 1. The van der Waals surface area contributed by atoms with Gasteiger partial charge in [0.05, 0.1) is 6.61 Å². The Bertz CT molecular complexity index is 181. The Morgan fingerprint density at radius 1 is 1.25 bits per heavy atom. The van der Waals surface area contributed by atoms with Gasteiger partial charge in [-0.1, -0.05) is 26.2 Å². The smallest absolute Gasteiger partial charge is 0.258 e. The molecule has 0 saturated heterocycles. The molecule has 0 rings (SSSR count). The summed E-state index contributed by atoms with van der Waals surface area (Å²) in [4.78, 5) is 0. The summed E-state index contributed by atoms with van der Waals surface area (Å²) in [6.07, 6.45) is 3.97. The van der Waals surface area contributed by atoms with E-state index in [4.69, 9.17) is 0 Å². The molecule has 0 fully saturated rings. The molecule has 0 aromatic rings. The zero-order valence-corrected chi connectivity index (χ0v) is 7.56. The second-order valence-electron chi connectivity index (χ2n) is 2.38. The quantitative estimate of drug-likeness (QED) is 0.480. The van der Waals surface area contributed by atoms with Gasteiger partial charge in [-0.25, -0.2) is 5.14 Å². The molecule has 0 aromatic heterocycles. The van der Waals surface area contributed by atoms with E-state index >= 15 is 0 Å². The highest BCUT2D eigenvalue weighted by Crippen LogP contribution is 1.99. The first-order valence-electron chi connectivity index (χ1n) is 3.73. The topological polar surface area (TPSA) is 69.4 Å². The van der Waals surface area contributed by atoms with Crippen molar-refractivity contribution in [1.29, 1.82) is 0 Å². The van der Waals surface area contributed by atoms with Gasteiger partial charge >= 0.3 is 10.3 Å². The van der Waals surface area contributed by atoms with E-state index in [9.17, 15) is 8.42 Å². The molecule has 0 aliphatic heterocycles. The normalized spacial score (nSPS) is 10.8. The lowest BCUT2D eigenvalue weighted by Crippen LogP contribution is -2.16. The Balaban J connectivity index is 0. The van der Waals surface area contributed by atoms with Gasteiger partial charge < -0.3 is 0 Å². The zero-order chi connectivity index (χ0) is 8.74. The summed E-state index contributed by atoms with van der Waals surface area (Å²) in [6.45, 7) is 2.29. The number of hydrogen-bond acceptors (Lipinski definition) is 3. The van der Waals surface area contributed by atoms with Gasteiger partial charge in [-0.3, -0.25) is 4.18 Å². The standard InChI is InChI=1S/C6H15NO3S.Al.3H/c1-2-3-4-5-6-10-11(7,8)9;;;;/h2-6H2,1H3,(H2,7,8,9);;;;. The zero-order valence-electron chi connectivity index (χ0n) is 6.75. The van der Waals surface area contributed by atoms with E-state index in [1.165, 1.54) is 0 Å². The molecule has 4 nitrogen and oxygen atoms in total. The van der Waals surface area contributed by atoms with Crippen LogP contribution < -0.4 is 5.14 Å². The number of unbranched alkanes of at least 4 members (excludes halogenated alkanes) is 3. The van der Waals surface area contributed by atoms with Crippen LogP contribution in [0, 0.1) is 0 Å². The van der Waals surface area contributed by atoms with Crippen molar-refractivity contribution in [1.82, 2.24) is 0 Å². The second kappa shape index (κ2) is 8.02. The van der Waals surface area contributed by atoms with E-state index in [2.05, 4.69) is 16.2 Å². The van der Waals surface area contributed by atoms with E-state index in [0.717, 1.165) is 25.7 Å². The van der Waals surface area contributed by atoms with Crippen LogP contribution in [0.15, 0.2) is 0 Å². The third kappa shape index (κ3) is 13.0. The van der Waals surface area contributed by atoms with Crippen LogP contribution in [-0.2, 0) is 14.5 Å². The second-order valence-corrected chi connectivity index (χ2v) is 3.60. The first kappa shape index (κ1) is 14.9. The fraction of sp³-hybridized carbons (Fsp3) is 1.00. The summed E-state index contributed by atoms with van der Waals surface area (Å²) in [5, 5.41) is 4.60. The van der Waals surface area contributed by atoms with Gasteiger partial charge in [0.15, 0.2) is 17.4 Å². The third-order valence-corrected chi connectivity index (χ3v) is 1.74. The van der Waals surface area contributed by atoms with Crippen molar-refractivity contribution in [2.45, 2.75) is 32.6 Å². The molecule has 6 heteroatoms. The maximum atomic E-state index is 10.2. The molecule has 0 heterocycles. The summed E-state index contributed by atoms with van der Waals surface area (Å²) in [5.41, 5.74) is 0. The Morgan fingerprint density at radius 2 is 1.83 bits per heavy atom. The number of rotatable bonds is 6. The van der Waals surface area contributed by atoms with Crippen LogP contribution in [0.25, 0.3) is 0 Å². The van der Waals surface area contributed by atoms with E-state index in [0.29, 0.717) is 0 Å². The molecule has 0 aliphatic rings. The van der Waals surface area contributed by atoms with E-state index in [-0.39, 0.29) is 24.0 Å². The highest BCUT2D eigenvalue weighted by atomic mass is 32.2. The molecule has 0 atom stereocenters. The SMILES string of the molecule is CCCCCCOS(N)(=O)=O.[AlH3]. The molecular formula is C6H18AlNO3S. The van der Waals surface area contributed by atoms with Crippen molar-refractivity contribution < 1.29 is 12.6 Å². The molecule has 0 unspecified atom stereocenters. The molecule has 0 radical (unpaired) electrons. The average molecular weight is 211 g/mol. The lowest BCUT2D eigenvalue weighted by Gasteiger charge is -1.99. The Morgan fingerprint density at radius 3 is 2.25 bits per heavy atom. The first-order valence-corrected chi connectivity index (χ1v) is 5.20. The van der Waals surface area contributed by atoms with Crippen molar-refractivity contribution in [2.24, 2.45) is 5.14 Å². The molecule has 2 N–H and O–H groups in total. The van der Waals surface area contributed by atoms with Crippen LogP contribution in [0.2, 0.25) is 0 Å². The largest absolute Gasteiger partial charge is 0.333 e. The molecule has 0 saturated carbocycles. The van der Waals surface area contributed by atoms with Gasteiger partial charge in [0, 0.05) is 0 Å². The third-order valence-electron chi connectivity index (χ3n) is 1.25. The minimum Gasteiger partial charge on any atom is -0.258 e. The molecule has 0 spiro atoms. The van der Waals surface area contributed by atoms with Gasteiger partial charge in [-0.05, 0) is 6.42 Å². The maximum absolute atomic E-state index is 10.2. The van der Waals surface area contributed by atoms with Crippen LogP contribution in [0.4, 0.5) is 0 Å². The molecule has 74 valence electrons. The first-order chi connectivity index (χ1) is 5.06. The summed E-state index contributed by atoms with van der Waals surface area (Å²) < 4.78 is 24.8. The van der Waals surface area contributed by atoms with Gasteiger partial charge in [0.25, 0.3) is 0 Å². The van der Waals surface area contributed by atoms with Crippen molar-refractivity contribution >= 4 is 27.7 Å². The molecule has 0 bridgehead atoms. The molecular weight excluding hydrogens is 193 g/mol. The lowest BCUT2D eigenvalue weighted by molar-refractivity contribution is 0.307. The van der Waals surface area contributed by atoms with Gasteiger partial charge in [-0.15, -0.1) is 0 Å². The van der Waals surface area contributed by atoms with Crippen molar-refractivity contribution in [3.63, 3.8) is 0 Å². The van der Waals surface area contributed by atoms with E-state index < -0.39 is 10.3 Å². The fourth-order valence-corrected chi connectivity index (χ4v) is 1.05. The maximum Gasteiger partial charge on any atom is 0.333 e. The average Bonchev–Trinajstić information content (AvgIpc) is 1.85. The predicted molar refractivity (Wildman–Crippen MR) is 53.1 cm³/mol. The van der Waals surface area contributed by atoms with Crippen molar-refractivity contribution in [3.8, 4) is 0 Å². The molecule has 12 heavy (non-hydrogen) atoms. The van der Waals surface area contributed by atoms with Crippen LogP contribution in [0.5, 0.6) is 0 Å². The molecule has 0 aliphatic carbocycles. The Kier molecular flexibility index (Phi) is 9.96. The van der Waals surface area contributed by atoms with E-state index in [1.807, 2.05) is 0 Å². The predicted octanol–water partition coefficient (Wildman–Crippen LogP) is -0.397. The van der Waals surface area contributed by atoms with Crippen LogP contribution in [-0.4, -0.2) is 32.4 Å². The fourth-order valence-electron chi connectivity index (χ4n) is 0.704. The summed E-state index contributed by atoms with van der Waals surface area (Å²) in [7, 11) is -3.71. The summed E-state index contributed by atoms with van der Waals surface area (Å²) in [5.74, 6) is 0. The highest BCUT2D eigenvalue weighted by molar-refractivity contribution is 7.84. The van der Waals surface area contributed by atoms with Gasteiger partial charge in [-0.2, -0.15) is 8.42 Å². The van der Waals surface area contributed by atoms with Crippen LogP contribution in [0.1, 0.15) is 32.6 Å². The Hall–Kier alpha value is 0.402. The Labute approximate surface area is 84.9 Å². The summed E-state index contributed by atoms with van der Waals surface area (Å²) >= 11 is 0. The minimum absolute atomic E-state index is 0. The van der Waals surface area contributed by atoms with Crippen LogP contribution in [0.3, 0.4) is 0 Å². The lowest BCUT2D eigenvalue weighted by atomic mass is 10.2. The van der Waals surface area contributed by atoms with Crippen molar-refractivity contribution in [3.05, 3.63) is 0 Å². The number of nitrogens with two attached hydrogens (primary N) is 1. The summed E-state index contributed by atoms with van der Waals surface area (Å²) in [6, 6.07) is 0. The highest BCUT2D eigenvalue weighted by Gasteiger charge is 1.99. The van der Waals surface area contributed by atoms with Gasteiger partial charge in [0.2, 0.25) is 0 Å². The van der Waals surface area contributed by atoms with E-state index in [1.54, 1.807) is 0 Å². The minimum atomic E-state index is -3.71. The van der Waals surface area contributed by atoms with Crippen LogP contribution >= 0.6 is 0 Å². The van der Waals surface area contributed by atoms with Gasteiger partial charge in [0.1, 0.15) is 0 Å². The molecule has 0 aromatic carbocycles. The monoisotopic (exact) mass is 211 g/mol. The molecule has 0 amide bonds.